The van der Waals surface area contributed by atoms with Crippen LogP contribution in [0.4, 0.5) is 0 Å². The Bertz CT molecular complexity index is 297. The van der Waals surface area contributed by atoms with E-state index in [1.165, 1.54) is 0 Å². The first-order valence-electron chi connectivity index (χ1n) is 3.72. The van der Waals surface area contributed by atoms with E-state index >= 15 is 0 Å². The molecule has 64 valence electrons. The second kappa shape index (κ2) is 3.68. The molecule has 2 heteroatoms. The molecule has 12 heavy (non-hydrogen) atoms. The summed E-state index contributed by atoms with van der Waals surface area (Å²) >= 11 is 0. The monoisotopic (exact) mass is 180 g/mol. The van der Waals surface area contributed by atoms with Crippen molar-refractivity contribution in [2.75, 3.05) is 5.75 Å². The minimum Gasteiger partial charge on any atom is -0.254 e. The molecule has 0 amide bonds. The second-order valence-electron chi connectivity index (χ2n) is 2.71. The van der Waals surface area contributed by atoms with Gasteiger partial charge < -0.3 is 0 Å². The average molecular weight is 180 g/mol. The molecule has 0 saturated heterocycles. The maximum atomic E-state index is 11.5. The highest BCUT2D eigenvalue weighted by atomic mass is 32.2. The first-order valence-corrected chi connectivity index (χ1v) is 5.04. The molecule has 0 aromatic heterocycles. The van der Waals surface area contributed by atoms with Gasteiger partial charge in [0.15, 0.2) is 0 Å². The zero-order valence-corrected chi connectivity index (χ0v) is 7.82. The predicted molar refractivity (Wildman–Crippen MR) is 54.2 cm³/mol. The first kappa shape index (κ1) is 9.20. The SMILES string of the molecule is C=CC1=C(C=C)S(=O)CC(=C)C1. The van der Waals surface area contributed by atoms with Gasteiger partial charge in [0.05, 0.1) is 10.8 Å². The molecule has 1 aliphatic rings. The molecule has 1 rings (SSSR count). The Morgan fingerprint density at radius 2 is 2.00 bits per heavy atom. The van der Waals surface area contributed by atoms with E-state index in [1.807, 2.05) is 0 Å². The quantitative estimate of drug-likeness (QED) is 0.596. The Morgan fingerprint density at radius 1 is 1.33 bits per heavy atom. The molecule has 1 heterocycles. The number of hydrogen-bond donors (Lipinski definition) is 0. The van der Waals surface area contributed by atoms with Gasteiger partial charge >= 0.3 is 0 Å². The van der Waals surface area contributed by atoms with Gasteiger partial charge in [-0.3, -0.25) is 4.21 Å². The summed E-state index contributed by atoms with van der Waals surface area (Å²) in [6, 6.07) is 0. The van der Waals surface area contributed by atoms with Crippen LogP contribution in [-0.2, 0) is 10.8 Å². The van der Waals surface area contributed by atoms with Crippen LogP contribution in [0, 0.1) is 0 Å². The molecule has 1 aliphatic heterocycles. The maximum Gasteiger partial charge on any atom is 0.0573 e. The molecule has 0 aliphatic carbocycles. The molecule has 1 nitrogen and oxygen atoms in total. The molecule has 0 bridgehead atoms. The van der Waals surface area contributed by atoms with Gasteiger partial charge in [0.2, 0.25) is 0 Å². The Kier molecular flexibility index (Phi) is 2.82. The minimum atomic E-state index is -0.947. The van der Waals surface area contributed by atoms with E-state index in [0.717, 1.165) is 22.5 Å². The molecule has 0 N–H and O–H groups in total. The van der Waals surface area contributed by atoms with Crippen molar-refractivity contribution >= 4 is 10.8 Å². The van der Waals surface area contributed by atoms with Gasteiger partial charge in [-0.25, -0.2) is 0 Å². The third-order valence-corrected chi connectivity index (χ3v) is 3.36. The van der Waals surface area contributed by atoms with Crippen molar-refractivity contribution in [2.24, 2.45) is 0 Å². The standard InChI is InChI=1S/C10H12OS/c1-4-9-6-8(3)7-12(11)10(9)5-2/h4-5H,1-3,6-7H2. The smallest absolute Gasteiger partial charge is 0.0573 e. The van der Waals surface area contributed by atoms with Gasteiger partial charge in [0.25, 0.3) is 0 Å². The van der Waals surface area contributed by atoms with Gasteiger partial charge in [-0.05, 0) is 12.0 Å². The fourth-order valence-corrected chi connectivity index (χ4v) is 2.48. The van der Waals surface area contributed by atoms with Crippen molar-refractivity contribution in [1.29, 1.82) is 0 Å². The summed E-state index contributed by atoms with van der Waals surface area (Å²) in [5.41, 5.74) is 2.01. The molecule has 0 aromatic carbocycles. The number of rotatable bonds is 2. The van der Waals surface area contributed by atoms with E-state index in [-0.39, 0.29) is 0 Å². The third kappa shape index (κ3) is 1.64. The lowest BCUT2D eigenvalue weighted by Crippen LogP contribution is -2.10. The molecular weight excluding hydrogens is 168 g/mol. The maximum absolute atomic E-state index is 11.5. The van der Waals surface area contributed by atoms with E-state index in [0.29, 0.717) is 5.75 Å². The summed E-state index contributed by atoms with van der Waals surface area (Å²) in [5.74, 6) is 0.568. The topological polar surface area (TPSA) is 17.1 Å². The van der Waals surface area contributed by atoms with Crippen LogP contribution in [-0.4, -0.2) is 9.96 Å². The summed E-state index contributed by atoms with van der Waals surface area (Å²) in [7, 11) is -0.947. The molecular formula is C10H12OS. The normalized spacial score (nSPS) is 24.0. The Labute approximate surface area is 75.6 Å². The van der Waals surface area contributed by atoms with Gasteiger partial charge in [-0.1, -0.05) is 37.5 Å². The molecule has 1 unspecified atom stereocenters. The van der Waals surface area contributed by atoms with E-state index in [9.17, 15) is 4.21 Å². The van der Waals surface area contributed by atoms with Crippen LogP contribution in [0.2, 0.25) is 0 Å². The highest BCUT2D eigenvalue weighted by Crippen LogP contribution is 2.25. The second-order valence-corrected chi connectivity index (χ2v) is 4.13. The van der Waals surface area contributed by atoms with Crippen molar-refractivity contribution in [3.8, 4) is 0 Å². The molecule has 0 aromatic rings. The summed E-state index contributed by atoms with van der Waals surface area (Å²) in [4.78, 5) is 0.817. The fraction of sp³-hybridized carbons (Fsp3) is 0.200. The van der Waals surface area contributed by atoms with E-state index in [2.05, 4.69) is 19.7 Å². The average Bonchev–Trinajstić information content (AvgIpc) is 2.03. The van der Waals surface area contributed by atoms with Crippen LogP contribution in [0.15, 0.2) is 47.9 Å². The van der Waals surface area contributed by atoms with Crippen molar-refractivity contribution < 1.29 is 4.21 Å². The largest absolute Gasteiger partial charge is 0.254 e. The van der Waals surface area contributed by atoms with Crippen LogP contribution < -0.4 is 0 Å². The number of hydrogen-bond acceptors (Lipinski definition) is 1. The van der Waals surface area contributed by atoms with Crippen molar-refractivity contribution in [3.63, 3.8) is 0 Å². The highest BCUT2D eigenvalue weighted by molar-refractivity contribution is 7.89. The Balaban J connectivity index is 3.13. The van der Waals surface area contributed by atoms with Gasteiger partial charge in [-0.15, -0.1) is 0 Å². The Hall–Kier alpha value is -0.890. The van der Waals surface area contributed by atoms with Crippen LogP contribution in [0.3, 0.4) is 0 Å². The zero-order chi connectivity index (χ0) is 9.14. The zero-order valence-electron chi connectivity index (χ0n) is 7.01. The lowest BCUT2D eigenvalue weighted by Gasteiger charge is -2.16. The van der Waals surface area contributed by atoms with Crippen LogP contribution >= 0.6 is 0 Å². The minimum absolute atomic E-state index is 0.568. The highest BCUT2D eigenvalue weighted by Gasteiger charge is 2.16. The molecule has 1 atom stereocenters. The fourth-order valence-electron chi connectivity index (χ4n) is 1.21. The lowest BCUT2D eigenvalue weighted by molar-refractivity contribution is 0.687. The lowest BCUT2D eigenvalue weighted by atomic mass is 10.1. The summed E-state index contributed by atoms with van der Waals surface area (Å²) < 4.78 is 11.5. The van der Waals surface area contributed by atoms with Crippen LogP contribution in [0.5, 0.6) is 0 Å². The third-order valence-electron chi connectivity index (χ3n) is 1.77. The van der Waals surface area contributed by atoms with Gasteiger partial charge in [-0.2, -0.15) is 0 Å². The molecule has 0 spiro atoms. The molecule has 0 saturated carbocycles. The van der Waals surface area contributed by atoms with E-state index in [1.54, 1.807) is 12.2 Å². The predicted octanol–water partition coefficient (Wildman–Crippen LogP) is 2.32. The van der Waals surface area contributed by atoms with Crippen molar-refractivity contribution in [2.45, 2.75) is 6.42 Å². The summed E-state index contributed by atoms with van der Waals surface area (Å²) in [6.45, 7) is 11.1. The van der Waals surface area contributed by atoms with Crippen molar-refractivity contribution in [3.05, 3.63) is 47.9 Å². The first-order chi connectivity index (χ1) is 5.69. The van der Waals surface area contributed by atoms with E-state index < -0.39 is 10.8 Å². The Morgan fingerprint density at radius 3 is 2.50 bits per heavy atom. The molecule has 0 radical (unpaired) electrons. The molecule has 0 fully saturated rings. The van der Waals surface area contributed by atoms with Crippen LogP contribution in [0.1, 0.15) is 6.42 Å². The van der Waals surface area contributed by atoms with Crippen molar-refractivity contribution in [1.82, 2.24) is 0 Å². The van der Waals surface area contributed by atoms with E-state index in [4.69, 9.17) is 0 Å². The van der Waals surface area contributed by atoms with Crippen LogP contribution in [0.25, 0.3) is 0 Å². The number of allylic oxidation sites excluding steroid dienone is 3. The van der Waals surface area contributed by atoms with Gasteiger partial charge in [0.1, 0.15) is 0 Å². The summed E-state index contributed by atoms with van der Waals surface area (Å²) in [6.07, 6.45) is 4.18. The van der Waals surface area contributed by atoms with Gasteiger partial charge in [0, 0.05) is 10.7 Å². The summed E-state index contributed by atoms with van der Waals surface area (Å²) in [5, 5.41) is 0.